The average molecular weight is 279 g/mol. The summed E-state index contributed by atoms with van der Waals surface area (Å²) >= 11 is 0. The van der Waals surface area contributed by atoms with Crippen molar-refractivity contribution in [3.8, 4) is 0 Å². The molecule has 20 heavy (non-hydrogen) atoms. The fourth-order valence-electron chi connectivity index (χ4n) is 3.46. The minimum atomic E-state index is -0.364. The van der Waals surface area contributed by atoms with Gasteiger partial charge >= 0.3 is 0 Å². The highest BCUT2D eigenvalue weighted by atomic mass is 19.1. The van der Waals surface area contributed by atoms with Crippen LogP contribution >= 0.6 is 0 Å². The van der Waals surface area contributed by atoms with Crippen LogP contribution in [0.5, 0.6) is 0 Å². The molecule has 0 aromatic heterocycles. The molecule has 1 aromatic rings. The molecular formula is C17H23F2N. The molecule has 1 N–H and O–H groups in total. The minimum absolute atomic E-state index is 0.0369. The van der Waals surface area contributed by atoms with E-state index in [-0.39, 0.29) is 17.6 Å². The van der Waals surface area contributed by atoms with Gasteiger partial charge in [-0.2, -0.15) is 0 Å². The van der Waals surface area contributed by atoms with Gasteiger partial charge in [0.1, 0.15) is 11.6 Å². The lowest BCUT2D eigenvalue weighted by molar-refractivity contribution is 0.283. The number of nitrogens with one attached hydrogen (secondary N) is 1. The van der Waals surface area contributed by atoms with Crippen molar-refractivity contribution < 1.29 is 8.78 Å². The van der Waals surface area contributed by atoms with Crippen LogP contribution < -0.4 is 5.32 Å². The van der Waals surface area contributed by atoms with Gasteiger partial charge in [0, 0.05) is 11.6 Å². The Morgan fingerprint density at radius 3 is 2.60 bits per heavy atom. The molecule has 0 aliphatic heterocycles. The van der Waals surface area contributed by atoms with Gasteiger partial charge in [0.2, 0.25) is 0 Å². The highest BCUT2D eigenvalue weighted by Crippen LogP contribution is 2.40. The van der Waals surface area contributed by atoms with Crippen LogP contribution in [0.2, 0.25) is 0 Å². The normalized spacial score (nSPS) is 26.8. The largest absolute Gasteiger partial charge is 0.314 e. The predicted molar refractivity (Wildman–Crippen MR) is 76.8 cm³/mol. The summed E-state index contributed by atoms with van der Waals surface area (Å²) in [6.45, 7) is 2.63. The molecule has 1 aromatic carbocycles. The van der Waals surface area contributed by atoms with Crippen LogP contribution in [-0.4, -0.2) is 12.6 Å². The molecule has 0 heterocycles. The molecule has 0 spiro atoms. The van der Waals surface area contributed by atoms with Crippen LogP contribution in [0.1, 0.15) is 55.6 Å². The Morgan fingerprint density at radius 2 is 1.85 bits per heavy atom. The molecule has 110 valence electrons. The summed E-state index contributed by atoms with van der Waals surface area (Å²) in [5.74, 6) is -0.283. The summed E-state index contributed by atoms with van der Waals surface area (Å²) in [6.07, 6.45) is 6.76. The van der Waals surface area contributed by atoms with Crippen LogP contribution in [-0.2, 0) is 0 Å². The van der Waals surface area contributed by atoms with E-state index in [1.807, 2.05) is 0 Å². The summed E-state index contributed by atoms with van der Waals surface area (Å²) in [7, 11) is 0. The van der Waals surface area contributed by atoms with Gasteiger partial charge in [0.25, 0.3) is 0 Å². The molecule has 0 amide bonds. The van der Waals surface area contributed by atoms with E-state index in [0.29, 0.717) is 23.1 Å². The van der Waals surface area contributed by atoms with E-state index >= 15 is 0 Å². The lowest BCUT2D eigenvalue weighted by Gasteiger charge is -2.33. The monoisotopic (exact) mass is 279 g/mol. The van der Waals surface area contributed by atoms with E-state index in [9.17, 15) is 8.78 Å². The van der Waals surface area contributed by atoms with E-state index < -0.39 is 0 Å². The maximum Gasteiger partial charge on any atom is 0.132 e. The van der Waals surface area contributed by atoms with Gasteiger partial charge in [0.15, 0.2) is 0 Å². The standard InChI is InChI=1S/C17H23F2N/c1-11-6-9-15(18)16(17(11)19)14-5-3-2-4-12(14)10-20-13-7-8-13/h6,9,12-14,20H,2-5,7-8,10H2,1H3. The topological polar surface area (TPSA) is 12.0 Å². The maximum atomic E-state index is 14.4. The third-order valence-electron chi connectivity index (χ3n) is 4.85. The quantitative estimate of drug-likeness (QED) is 0.866. The molecule has 0 radical (unpaired) electrons. The summed E-state index contributed by atoms with van der Waals surface area (Å²) in [5.41, 5.74) is 0.896. The number of rotatable bonds is 4. The second-order valence-electron chi connectivity index (χ2n) is 6.43. The zero-order valence-electron chi connectivity index (χ0n) is 12.1. The third kappa shape index (κ3) is 2.88. The lowest BCUT2D eigenvalue weighted by Crippen LogP contribution is -2.31. The Kier molecular flexibility index (Phi) is 4.06. The molecule has 3 rings (SSSR count). The van der Waals surface area contributed by atoms with Crippen molar-refractivity contribution in [2.24, 2.45) is 5.92 Å². The minimum Gasteiger partial charge on any atom is -0.314 e. The number of hydrogen-bond acceptors (Lipinski definition) is 1. The smallest absolute Gasteiger partial charge is 0.132 e. The van der Waals surface area contributed by atoms with E-state index in [4.69, 9.17) is 0 Å². The second-order valence-corrected chi connectivity index (χ2v) is 6.43. The molecule has 2 atom stereocenters. The Hall–Kier alpha value is -0.960. The molecule has 1 nitrogen and oxygen atoms in total. The fourth-order valence-corrected chi connectivity index (χ4v) is 3.46. The summed E-state index contributed by atoms with van der Waals surface area (Å²) in [6, 6.07) is 3.62. The first-order valence-corrected chi connectivity index (χ1v) is 7.84. The van der Waals surface area contributed by atoms with Crippen LogP contribution in [0.15, 0.2) is 12.1 Å². The second kappa shape index (κ2) is 5.80. The molecule has 0 saturated heterocycles. The summed E-state index contributed by atoms with van der Waals surface area (Å²) in [4.78, 5) is 0. The van der Waals surface area contributed by atoms with Crippen molar-refractivity contribution in [3.05, 3.63) is 34.9 Å². The van der Waals surface area contributed by atoms with Crippen molar-refractivity contribution in [2.75, 3.05) is 6.54 Å². The van der Waals surface area contributed by atoms with Crippen molar-refractivity contribution in [3.63, 3.8) is 0 Å². The lowest BCUT2D eigenvalue weighted by atomic mass is 9.74. The van der Waals surface area contributed by atoms with Gasteiger partial charge in [-0.3, -0.25) is 0 Å². The van der Waals surface area contributed by atoms with Gasteiger partial charge in [-0.25, -0.2) is 8.78 Å². The Balaban J connectivity index is 1.82. The van der Waals surface area contributed by atoms with Gasteiger partial charge in [-0.05, 0) is 62.6 Å². The van der Waals surface area contributed by atoms with Crippen molar-refractivity contribution in [1.82, 2.24) is 5.32 Å². The Morgan fingerprint density at radius 1 is 1.10 bits per heavy atom. The first-order chi connectivity index (χ1) is 9.66. The SMILES string of the molecule is Cc1ccc(F)c(C2CCCCC2CNC2CC2)c1F. The van der Waals surface area contributed by atoms with E-state index in [2.05, 4.69) is 5.32 Å². The van der Waals surface area contributed by atoms with E-state index in [1.165, 1.54) is 31.4 Å². The van der Waals surface area contributed by atoms with Crippen molar-refractivity contribution in [2.45, 2.75) is 57.4 Å². The molecule has 0 bridgehead atoms. The first-order valence-electron chi connectivity index (χ1n) is 7.84. The molecule has 2 aliphatic carbocycles. The van der Waals surface area contributed by atoms with Gasteiger partial charge < -0.3 is 5.32 Å². The van der Waals surface area contributed by atoms with Gasteiger partial charge in [-0.1, -0.05) is 18.9 Å². The highest BCUT2D eigenvalue weighted by Gasteiger charge is 2.32. The van der Waals surface area contributed by atoms with E-state index in [1.54, 1.807) is 6.92 Å². The first kappa shape index (κ1) is 14.0. The Bertz CT molecular complexity index is 482. The zero-order chi connectivity index (χ0) is 14.1. The van der Waals surface area contributed by atoms with Crippen molar-refractivity contribution >= 4 is 0 Å². The van der Waals surface area contributed by atoms with Crippen LogP contribution in [0.25, 0.3) is 0 Å². The highest BCUT2D eigenvalue weighted by molar-refractivity contribution is 5.30. The number of aryl methyl sites for hydroxylation is 1. The average Bonchev–Trinajstić information content (AvgIpc) is 3.26. The third-order valence-corrected chi connectivity index (χ3v) is 4.85. The number of benzene rings is 1. The molecule has 2 saturated carbocycles. The molecule has 2 unspecified atom stereocenters. The van der Waals surface area contributed by atoms with Gasteiger partial charge in [-0.15, -0.1) is 0 Å². The Labute approximate surface area is 119 Å². The number of halogens is 2. The fraction of sp³-hybridized carbons (Fsp3) is 0.647. The summed E-state index contributed by atoms with van der Waals surface area (Å²) < 4.78 is 28.5. The summed E-state index contributed by atoms with van der Waals surface area (Å²) in [5, 5.41) is 3.53. The molecule has 2 aliphatic rings. The van der Waals surface area contributed by atoms with Gasteiger partial charge in [0.05, 0.1) is 0 Å². The molecule has 2 fully saturated rings. The molecule has 3 heteroatoms. The predicted octanol–water partition coefficient (Wildman–Crippen LogP) is 4.30. The van der Waals surface area contributed by atoms with Crippen LogP contribution in [0, 0.1) is 24.5 Å². The maximum absolute atomic E-state index is 14.4. The van der Waals surface area contributed by atoms with Crippen LogP contribution in [0.4, 0.5) is 8.78 Å². The van der Waals surface area contributed by atoms with Crippen LogP contribution in [0.3, 0.4) is 0 Å². The van der Waals surface area contributed by atoms with E-state index in [0.717, 1.165) is 25.8 Å². The number of hydrogen-bond donors (Lipinski definition) is 1. The molecular weight excluding hydrogens is 256 g/mol. The zero-order valence-corrected chi connectivity index (χ0v) is 12.1. The van der Waals surface area contributed by atoms with Crippen molar-refractivity contribution in [1.29, 1.82) is 0 Å².